The molecule has 8 heteroatoms. The Kier molecular flexibility index (Phi) is 6.44. The number of carbonyl (C=O) groups is 2. The van der Waals surface area contributed by atoms with Crippen LogP contribution in [0.4, 0.5) is 5.95 Å². The molecule has 0 radical (unpaired) electrons. The fraction of sp³-hybridized carbons (Fsp3) is 0.522. The van der Waals surface area contributed by atoms with E-state index in [1.54, 1.807) is 35.6 Å². The van der Waals surface area contributed by atoms with Gasteiger partial charge in [0.2, 0.25) is 11.9 Å². The van der Waals surface area contributed by atoms with Crippen molar-refractivity contribution in [2.75, 3.05) is 31.1 Å². The van der Waals surface area contributed by atoms with Gasteiger partial charge in [0.15, 0.2) is 0 Å². The summed E-state index contributed by atoms with van der Waals surface area (Å²) in [5.74, 6) is 0.0400. The summed E-state index contributed by atoms with van der Waals surface area (Å²) in [5.41, 5.74) is 1.35. The molecule has 2 aromatic heterocycles. The Morgan fingerprint density at radius 3 is 2.61 bits per heavy atom. The highest BCUT2D eigenvalue weighted by Crippen LogP contribution is 2.33. The van der Waals surface area contributed by atoms with Crippen molar-refractivity contribution < 1.29 is 9.59 Å². The molecule has 8 nitrogen and oxygen atoms in total. The Morgan fingerprint density at radius 2 is 1.90 bits per heavy atom. The van der Waals surface area contributed by atoms with E-state index in [1.807, 2.05) is 19.9 Å². The van der Waals surface area contributed by atoms with Crippen molar-refractivity contribution in [1.29, 1.82) is 0 Å². The third-order valence-corrected chi connectivity index (χ3v) is 5.97. The quantitative estimate of drug-likeness (QED) is 0.795. The smallest absolute Gasteiger partial charge is 0.255 e. The molecule has 0 saturated carbocycles. The summed E-state index contributed by atoms with van der Waals surface area (Å²) < 4.78 is 0. The van der Waals surface area contributed by atoms with Gasteiger partial charge in [0, 0.05) is 56.7 Å². The van der Waals surface area contributed by atoms with Crippen molar-refractivity contribution in [2.24, 2.45) is 5.92 Å². The maximum atomic E-state index is 13.0. The highest BCUT2D eigenvalue weighted by Gasteiger charge is 2.41. The van der Waals surface area contributed by atoms with E-state index in [0.29, 0.717) is 18.7 Å². The van der Waals surface area contributed by atoms with Crippen LogP contribution >= 0.6 is 0 Å². The number of pyridine rings is 1. The van der Waals surface area contributed by atoms with E-state index in [9.17, 15) is 9.59 Å². The predicted molar refractivity (Wildman–Crippen MR) is 118 cm³/mol. The number of piperidine rings is 1. The van der Waals surface area contributed by atoms with Gasteiger partial charge in [-0.25, -0.2) is 9.97 Å². The van der Waals surface area contributed by atoms with Crippen LogP contribution in [0.2, 0.25) is 0 Å². The summed E-state index contributed by atoms with van der Waals surface area (Å²) in [7, 11) is 0. The van der Waals surface area contributed by atoms with E-state index < -0.39 is 0 Å². The van der Waals surface area contributed by atoms with Crippen molar-refractivity contribution in [1.82, 2.24) is 25.2 Å². The molecular formula is C23H30N6O2. The average molecular weight is 423 g/mol. The second-order valence-corrected chi connectivity index (χ2v) is 8.66. The van der Waals surface area contributed by atoms with Crippen LogP contribution in [0, 0.1) is 5.92 Å². The highest BCUT2D eigenvalue weighted by molar-refractivity contribution is 5.95. The summed E-state index contributed by atoms with van der Waals surface area (Å²) in [5, 5.41) is 3.02. The van der Waals surface area contributed by atoms with Crippen LogP contribution in [-0.4, -0.2) is 63.9 Å². The van der Waals surface area contributed by atoms with Gasteiger partial charge in [-0.05, 0) is 51.3 Å². The molecule has 2 saturated heterocycles. The molecule has 1 N–H and O–H groups in total. The fourth-order valence-electron chi connectivity index (χ4n) is 4.41. The molecule has 2 atom stereocenters. The number of hydrogen-bond donors (Lipinski definition) is 1. The first kappa shape index (κ1) is 21.2. The zero-order valence-electron chi connectivity index (χ0n) is 18.2. The number of carbonyl (C=O) groups excluding carboxylic acids is 2. The van der Waals surface area contributed by atoms with Crippen LogP contribution in [0.25, 0.3) is 0 Å². The minimum Gasteiger partial charge on any atom is -0.354 e. The minimum absolute atomic E-state index is 0.0329. The number of nitrogens with zero attached hydrogens (tertiary/aromatic N) is 5. The lowest BCUT2D eigenvalue weighted by molar-refractivity contribution is -0.125. The molecule has 0 bridgehead atoms. The van der Waals surface area contributed by atoms with Gasteiger partial charge in [0.05, 0.1) is 17.2 Å². The highest BCUT2D eigenvalue weighted by atomic mass is 16.2. The largest absolute Gasteiger partial charge is 0.354 e. The van der Waals surface area contributed by atoms with Crippen molar-refractivity contribution in [2.45, 2.75) is 45.1 Å². The second-order valence-electron chi connectivity index (χ2n) is 8.66. The maximum Gasteiger partial charge on any atom is 0.255 e. The third-order valence-electron chi connectivity index (χ3n) is 5.97. The number of rotatable bonds is 5. The monoisotopic (exact) mass is 422 g/mol. The van der Waals surface area contributed by atoms with Crippen LogP contribution < -0.4 is 10.2 Å². The van der Waals surface area contributed by atoms with E-state index in [4.69, 9.17) is 4.98 Å². The Bertz CT molecular complexity index is 913. The van der Waals surface area contributed by atoms with Gasteiger partial charge in [-0.15, -0.1) is 0 Å². The van der Waals surface area contributed by atoms with Gasteiger partial charge in [-0.2, -0.15) is 0 Å². The van der Waals surface area contributed by atoms with Crippen LogP contribution in [-0.2, 0) is 4.79 Å². The summed E-state index contributed by atoms with van der Waals surface area (Å²) in [6.45, 7) is 6.60. The molecule has 2 amide bonds. The van der Waals surface area contributed by atoms with Gasteiger partial charge in [0.25, 0.3) is 5.91 Å². The molecule has 4 heterocycles. The van der Waals surface area contributed by atoms with Crippen LogP contribution in [0.15, 0.2) is 36.8 Å². The normalized spacial score (nSPS) is 21.4. The molecule has 0 aliphatic carbocycles. The van der Waals surface area contributed by atoms with E-state index >= 15 is 0 Å². The number of anilines is 1. The predicted octanol–water partition coefficient (Wildman–Crippen LogP) is 2.24. The lowest BCUT2D eigenvalue weighted by Gasteiger charge is -2.27. The van der Waals surface area contributed by atoms with Crippen molar-refractivity contribution >= 4 is 17.8 Å². The molecule has 31 heavy (non-hydrogen) atoms. The van der Waals surface area contributed by atoms with E-state index in [-0.39, 0.29) is 29.7 Å². The summed E-state index contributed by atoms with van der Waals surface area (Å²) in [6.07, 6.45) is 8.51. The summed E-state index contributed by atoms with van der Waals surface area (Å²) in [6, 6.07) is 5.42. The van der Waals surface area contributed by atoms with E-state index in [2.05, 4.69) is 20.2 Å². The topological polar surface area (TPSA) is 91.3 Å². The Balaban J connectivity index is 1.60. The van der Waals surface area contributed by atoms with E-state index in [1.165, 1.54) is 6.42 Å². The lowest BCUT2D eigenvalue weighted by atomic mass is 9.91. The Hall–Kier alpha value is -3.03. The summed E-state index contributed by atoms with van der Waals surface area (Å²) >= 11 is 0. The van der Waals surface area contributed by atoms with Crippen molar-refractivity contribution in [3.05, 3.63) is 48.0 Å². The summed E-state index contributed by atoms with van der Waals surface area (Å²) in [4.78, 5) is 43.4. The molecule has 2 fully saturated rings. The van der Waals surface area contributed by atoms with Gasteiger partial charge in [0.1, 0.15) is 0 Å². The zero-order chi connectivity index (χ0) is 21.8. The number of nitrogens with one attached hydrogen (secondary N) is 1. The van der Waals surface area contributed by atoms with Crippen molar-refractivity contribution in [3.8, 4) is 0 Å². The van der Waals surface area contributed by atoms with Gasteiger partial charge in [-0.3, -0.25) is 14.6 Å². The average Bonchev–Trinajstić information content (AvgIpc) is 3.25. The first-order chi connectivity index (χ1) is 15.0. The lowest BCUT2D eigenvalue weighted by Crippen LogP contribution is -2.39. The molecule has 4 rings (SSSR count). The van der Waals surface area contributed by atoms with Crippen LogP contribution in [0.1, 0.15) is 55.1 Å². The Labute approximate surface area is 183 Å². The zero-order valence-corrected chi connectivity index (χ0v) is 18.2. The molecule has 2 aliphatic heterocycles. The second kappa shape index (κ2) is 9.41. The number of aromatic nitrogens is 3. The molecule has 2 aromatic rings. The first-order valence-corrected chi connectivity index (χ1v) is 11.1. The van der Waals surface area contributed by atoms with Gasteiger partial charge >= 0.3 is 0 Å². The van der Waals surface area contributed by atoms with Crippen LogP contribution in [0.5, 0.6) is 0 Å². The van der Waals surface area contributed by atoms with Crippen molar-refractivity contribution in [3.63, 3.8) is 0 Å². The first-order valence-electron chi connectivity index (χ1n) is 11.1. The SMILES string of the molecule is CC(C)NC(=O)[C@H]1CN(C(=O)c2cccnc2)C[C@@H]1c1ccnc(N2CCCCC2)n1. The minimum atomic E-state index is -0.355. The number of amides is 2. The van der Waals surface area contributed by atoms with E-state index in [0.717, 1.165) is 37.6 Å². The number of hydrogen-bond acceptors (Lipinski definition) is 6. The molecule has 164 valence electrons. The standard InChI is InChI=1S/C23H30N6O2/c1-16(2)26-21(30)19-15-29(22(31)17-7-6-9-24-13-17)14-18(19)20-8-10-25-23(27-20)28-11-4-3-5-12-28/h6-10,13,16,18-19H,3-5,11-12,14-15H2,1-2H3,(H,26,30)/t18-,19-/m0/s1. The molecule has 2 aliphatic rings. The molecule has 0 spiro atoms. The van der Waals surface area contributed by atoms with Gasteiger partial charge < -0.3 is 15.1 Å². The molecule has 0 unspecified atom stereocenters. The van der Waals surface area contributed by atoms with Gasteiger partial charge in [-0.1, -0.05) is 0 Å². The van der Waals surface area contributed by atoms with Crippen LogP contribution in [0.3, 0.4) is 0 Å². The number of likely N-dealkylation sites (tertiary alicyclic amines) is 1. The molecular weight excluding hydrogens is 392 g/mol. The third kappa shape index (κ3) is 4.84. The molecule has 0 aromatic carbocycles. The maximum absolute atomic E-state index is 13.0. The fourth-order valence-corrected chi connectivity index (χ4v) is 4.41. The Morgan fingerprint density at radius 1 is 1.10 bits per heavy atom.